The van der Waals surface area contributed by atoms with Gasteiger partial charge in [-0.05, 0) is 84.2 Å². The van der Waals surface area contributed by atoms with Gasteiger partial charge >= 0.3 is 0 Å². The van der Waals surface area contributed by atoms with Gasteiger partial charge in [-0.1, -0.05) is 19.1 Å². The van der Waals surface area contributed by atoms with E-state index in [1.165, 1.54) is 22.3 Å². The molecule has 1 aliphatic carbocycles. The molecule has 5 heteroatoms. The smallest absolute Gasteiger partial charge is 0.150 e. The lowest BCUT2D eigenvalue weighted by Gasteiger charge is -2.16. The molecule has 0 heterocycles. The molecule has 1 aliphatic rings. The van der Waals surface area contributed by atoms with Crippen LogP contribution in [0, 0.1) is 6.92 Å². The quantitative estimate of drug-likeness (QED) is 0.732. The fourth-order valence-electron chi connectivity index (χ4n) is 3.75. The van der Waals surface area contributed by atoms with Crippen molar-refractivity contribution in [2.24, 2.45) is 0 Å². The van der Waals surface area contributed by atoms with Crippen molar-refractivity contribution in [2.75, 3.05) is 18.1 Å². The first-order valence-electron chi connectivity index (χ1n) is 9.63. The summed E-state index contributed by atoms with van der Waals surface area (Å²) in [7, 11) is -2.94. The van der Waals surface area contributed by atoms with Gasteiger partial charge in [-0.3, -0.25) is 0 Å². The van der Waals surface area contributed by atoms with Crippen LogP contribution in [0.15, 0.2) is 30.3 Å². The zero-order valence-corrected chi connectivity index (χ0v) is 16.9. The highest BCUT2D eigenvalue weighted by molar-refractivity contribution is 7.91. The summed E-state index contributed by atoms with van der Waals surface area (Å²) in [6.45, 7) is 4.21. The SMILES string of the molecule is CCS(=O)(=O)CCCOc1cc(C)c2c(c1)CCCc1ccc(CO)cc1-2. The van der Waals surface area contributed by atoms with Gasteiger partial charge in [0.1, 0.15) is 15.6 Å². The van der Waals surface area contributed by atoms with Crippen LogP contribution in [0.2, 0.25) is 0 Å². The zero-order chi connectivity index (χ0) is 19.4. The van der Waals surface area contributed by atoms with Crippen LogP contribution in [0.25, 0.3) is 11.1 Å². The van der Waals surface area contributed by atoms with E-state index in [1.807, 2.05) is 12.1 Å². The second-order valence-corrected chi connectivity index (χ2v) is 9.69. The first-order chi connectivity index (χ1) is 12.9. The fourth-order valence-corrected chi connectivity index (χ4v) is 4.59. The summed E-state index contributed by atoms with van der Waals surface area (Å²) in [6.07, 6.45) is 3.60. The van der Waals surface area contributed by atoms with E-state index in [4.69, 9.17) is 4.74 Å². The summed E-state index contributed by atoms with van der Waals surface area (Å²) in [6, 6.07) is 10.4. The number of hydrogen-bond donors (Lipinski definition) is 1. The third-order valence-corrected chi connectivity index (χ3v) is 7.01. The Morgan fingerprint density at radius 2 is 1.89 bits per heavy atom. The van der Waals surface area contributed by atoms with E-state index in [2.05, 4.69) is 25.1 Å². The summed E-state index contributed by atoms with van der Waals surface area (Å²) < 4.78 is 29.0. The molecule has 1 N–H and O–H groups in total. The number of aliphatic hydroxyl groups excluding tert-OH is 1. The summed E-state index contributed by atoms with van der Waals surface area (Å²) in [5.41, 5.74) is 7.14. The first kappa shape index (κ1) is 19.9. The molecule has 0 bridgehead atoms. The molecule has 0 aliphatic heterocycles. The molecule has 0 fully saturated rings. The van der Waals surface area contributed by atoms with E-state index in [9.17, 15) is 13.5 Å². The highest BCUT2D eigenvalue weighted by atomic mass is 32.2. The van der Waals surface area contributed by atoms with Crippen molar-refractivity contribution in [3.05, 3.63) is 52.6 Å². The van der Waals surface area contributed by atoms with Crippen molar-refractivity contribution in [3.63, 3.8) is 0 Å². The van der Waals surface area contributed by atoms with Crippen LogP contribution in [0.3, 0.4) is 0 Å². The van der Waals surface area contributed by atoms with Crippen LogP contribution < -0.4 is 4.74 Å². The third-order valence-electron chi connectivity index (χ3n) is 5.22. The Kier molecular flexibility index (Phi) is 6.22. The molecule has 0 saturated heterocycles. The van der Waals surface area contributed by atoms with E-state index >= 15 is 0 Å². The number of benzene rings is 2. The number of ether oxygens (including phenoxy) is 1. The van der Waals surface area contributed by atoms with Gasteiger partial charge in [-0.25, -0.2) is 8.42 Å². The molecule has 0 spiro atoms. The second kappa shape index (κ2) is 8.44. The lowest BCUT2D eigenvalue weighted by molar-refractivity contribution is 0.282. The molecule has 0 atom stereocenters. The Balaban J connectivity index is 1.82. The van der Waals surface area contributed by atoms with E-state index in [0.717, 1.165) is 36.1 Å². The maximum absolute atomic E-state index is 11.6. The summed E-state index contributed by atoms with van der Waals surface area (Å²) >= 11 is 0. The van der Waals surface area contributed by atoms with Crippen LogP contribution in [-0.4, -0.2) is 31.6 Å². The van der Waals surface area contributed by atoms with Crippen molar-refractivity contribution in [3.8, 4) is 16.9 Å². The molecule has 0 radical (unpaired) electrons. The maximum atomic E-state index is 11.6. The normalized spacial score (nSPS) is 13.6. The monoisotopic (exact) mass is 388 g/mol. The van der Waals surface area contributed by atoms with Crippen LogP contribution in [0.5, 0.6) is 5.75 Å². The third kappa shape index (κ3) is 4.71. The van der Waals surface area contributed by atoms with Gasteiger partial charge in [0.2, 0.25) is 0 Å². The molecule has 0 saturated carbocycles. The average molecular weight is 389 g/mol. The first-order valence-corrected chi connectivity index (χ1v) is 11.5. The molecule has 0 unspecified atom stereocenters. The molecule has 2 aromatic rings. The van der Waals surface area contributed by atoms with Crippen molar-refractivity contribution in [2.45, 2.75) is 46.1 Å². The highest BCUT2D eigenvalue weighted by Gasteiger charge is 2.18. The summed E-state index contributed by atoms with van der Waals surface area (Å²) in [4.78, 5) is 0. The molecular formula is C22H28O4S. The summed E-state index contributed by atoms with van der Waals surface area (Å²) in [5, 5.41) is 9.50. The minimum atomic E-state index is -2.94. The van der Waals surface area contributed by atoms with E-state index in [0.29, 0.717) is 13.0 Å². The summed E-state index contributed by atoms with van der Waals surface area (Å²) in [5.74, 6) is 1.16. The maximum Gasteiger partial charge on any atom is 0.150 e. The molecule has 3 rings (SSSR count). The molecule has 2 aromatic carbocycles. The minimum absolute atomic E-state index is 0.0452. The lowest BCUT2D eigenvalue weighted by Crippen LogP contribution is -2.12. The molecule has 0 aromatic heterocycles. The van der Waals surface area contributed by atoms with Crippen molar-refractivity contribution < 1.29 is 18.3 Å². The van der Waals surface area contributed by atoms with Crippen LogP contribution in [-0.2, 0) is 29.3 Å². The highest BCUT2D eigenvalue weighted by Crippen LogP contribution is 2.38. The number of hydrogen-bond acceptors (Lipinski definition) is 4. The van der Waals surface area contributed by atoms with Crippen LogP contribution in [0.1, 0.15) is 42.0 Å². The number of aryl methyl sites for hydroxylation is 3. The van der Waals surface area contributed by atoms with E-state index < -0.39 is 9.84 Å². The number of rotatable bonds is 7. The van der Waals surface area contributed by atoms with Gasteiger partial charge in [0, 0.05) is 5.75 Å². The van der Waals surface area contributed by atoms with Gasteiger partial charge in [-0.15, -0.1) is 0 Å². The average Bonchev–Trinajstić information content (AvgIpc) is 2.84. The molecule has 4 nitrogen and oxygen atoms in total. The lowest BCUT2D eigenvalue weighted by atomic mass is 9.91. The van der Waals surface area contributed by atoms with Crippen molar-refractivity contribution in [1.29, 1.82) is 0 Å². The van der Waals surface area contributed by atoms with Crippen LogP contribution in [0.4, 0.5) is 0 Å². The standard InChI is InChI=1S/C22H28O4S/c1-3-27(24,25)11-5-10-26-20-12-16(2)22-19(14-20)7-4-6-18-9-8-17(15-23)13-21(18)22/h8-9,12-14,23H,3-7,10-11,15H2,1-2H3. The van der Waals surface area contributed by atoms with Crippen molar-refractivity contribution in [1.82, 2.24) is 0 Å². The van der Waals surface area contributed by atoms with Gasteiger partial charge in [0.25, 0.3) is 0 Å². The van der Waals surface area contributed by atoms with Gasteiger partial charge in [0.15, 0.2) is 0 Å². The fraction of sp³-hybridized carbons (Fsp3) is 0.455. The molecular weight excluding hydrogens is 360 g/mol. The number of aliphatic hydroxyl groups is 1. The Hall–Kier alpha value is -1.85. The molecule has 0 amide bonds. The molecule has 27 heavy (non-hydrogen) atoms. The molecule has 146 valence electrons. The Labute approximate surface area is 162 Å². The second-order valence-electron chi connectivity index (χ2n) is 7.22. The number of fused-ring (bicyclic) bond motifs is 3. The Morgan fingerprint density at radius 1 is 1.11 bits per heavy atom. The minimum Gasteiger partial charge on any atom is -0.494 e. The topological polar surface area (TPSA) is 63.6 Å². The predicted molar refractivity (Wildman–Crippen MR) is 109 cm³/mol. The van der Waals surface area contributed by atoms with Gasteiger partial charge in [-0.2, -0.15) is 0 Å². The van der Waals surface area contributed by atoms with Gasteiger partial charge < -0.3 is 9.84 Å². The number of sulfone groups is 1. The van der Waals surface area contributed by atoms with Gasteiger partial charge in [0.05, 0.1) is 19.0 Å². The van der Waals surface area contributed by atoms with Crippen LogP contribution >= 0.6 is 0 Å². The largest absolute Gasteiger partial charge is 0.494 e. The zero-order valence-electron chi connectivity index (χ0n) is 16.1. The Morgan fingerprint density at radius 3 is 2.63 bits per heavy atom. The predicted octanol–water partition coefficient (Wildman–Crippen LogP) is 3.85. The van der Waals surface area contributed by atoms with Crippen molar-refractivity contribution >= 4 is 9.84 Å². The van der Waals surface area contributed by atoms with E-state index in [1.54, 1.807) is 6.92 Å². The van der Waals surface area contributed by atoms with E-state index in [-0.39, 0.29) is 18.1 Å². The Bertz CT molecular complexity index is 916.